The van der Waals surface area contributed by atoms with Gasteiger partial charge in [0.2, 0.25) is 0 Å². The highest BCUT2D eigenvalue weighted by Gasteiger charge is 2.46. The van der Waals surface area contributed by atoms with Crippen molar-refractivity contribution >= 4 is 44.9 Å². The lowest BCUT2D eigenvalue weighted by Gasteiger charge is -2.35. The van der Waals surface area contributed by atoms with Crippen molar-refractivity contribution in [1.29, 1.82) is 0 Å². The van der Waals surface area contributed by atoms with Gasteiger partial charge in [-0.05, 0) is 184 Å². The van der Waals surface area contributed by atoms with Crippen molar-refractivity contribution in [3.05, 3.63) is 301 Å². The number of aromatic nitrogens is 1. The largest absolute Gasteiger partial charge is 0.490 e. The minimum absolute atomic E-state index is 0.171. The van der Waals surface area contributed by atoms with Crippen molar-refractivity contribution in [2.24, 2.45) is 0 Å². The minimum atomic E-state index is -0.710. The summed E-state index contributed by atoms with van der Waals surface area (Å²) in [7, 11) is 0. The summed E-state index contributed by atoms with van der Waals surface area (Å²) in [4.78, 5) is 2.43. The number of anilines is 3. The van der Waals surface area contributed by atoms with Crippen LogP contribution in [0.2, 0.25) is 0 Å². The summed E-state index contributed by atoms with van der Waals surface area (Å²) < 4.78 is 15.7. The molecule has 1 aliphatic rings. The van der Waals surface area contributed by atoms with Gasteiger partial charge in [-0.3, -0.25) is 0 Å². The van der Waals surface area contributed by atoms with E-state index < -0.39 is 5.41 Å². The van der Waals surface area contributed by atoms with Crippen LogP contribution in [0.5, 0.6) is 17.2 Å². The molecule has 0 saturated heterocycles. The number of nitrogens with zero attached hydrogens (tertiary/aromatic N) is 2. The lowest BCUT2D eigenvalue weighted by Crippen LogP contribution is -2.29. The maximum Gasteiger partial charge on any atom is 0.127 e. The molecule has 0 N–H and O–H groups in total. The Morgan fingerprint density at radius 3 is 1.77 bits per heavy atom. The van der Waals surface area contributed by atoms with E-state index in [-0.39, 0.29) is 6.10 Å². The molecule has 12 aromatic rings. The molecule has 0 saturated carbocycles. The van der Waals surface area contributed by atoms with Gasteiger partial charge in [0.25, 0.3) is 0 Å². The highest BCUT2D eigenvalue weighted by Crippen LogP contribution is 2.58. The molecule has 1 aliphatic carbocycles. The van der Waals surface area contributed by atoms with Crippen LogP contribution >= 0.6 is 0 Å². The summed E-state index contributed by atoms with van der Waals surface area (Å²) in [6.07, 6.45) is 8.96. The average Bonchev–Trinajstić information content (AvgIpc) is 4.24. The first-order valence-corrected chi connectivity index (χ1v) is 29.2. The quantitative estimate of drug-likeness (QED) is 0.0755. The van der Waals surface area contributed by atoms with E-state index in [1.54, 1.807) is 0 Å². The van der Waals surface area contributed by atoms with Crippen LogP contribution in [0.15, 0.2) is 273 Å². The SMILES string of the molecule is C=Cc1ccc(Oc2ccc(C3(c4ccc(OC(CC)CCCCCC)cc4)c4ccccc4-c4ccc(N(c5ccc(-c6ccc7c(c6)c6ccccc6n7-c6ccccc6)cc5)c5cccc(-c6ccccc6)c5)cc43)cc2)cc1. The highest BCUT2D eigenvalue weighted by atomic mass is 16.5. The summed E-state index contributed by atoms with van der Waals surface area (Å²) in [5, 5.41) is 2.47. The summed E-state index contributed by atoms with van der Waals surface area (Å²) in [5.41, 5.74) is 18.9. The minimum Gasteiger partial charge on any atom is -0.490 e. The standard InChI is InChI=1S/C78H66N2O2/c1-4-7-8-15-27-66(6-3)81-68-46-37-60(38-47-68)78(61-39-48-69(49-40-61)82-67-44-32-55(5-2)33-45-67)74-30-18-16-28-70(74)71-50-43-65(54-75(71)78)79(64-26-20-23-58(52-64)56-21-11-9-12-22-56)63-41-34-57(35-42-63)59-36-51-77-73(53-59)72-29-17-19-31-76(72)80(77)62-24-13-10-14-25-62/h5,9-14,16-26,28-54,66H,2,4,6-8,15,27H2,1,3H3. The monoisotopic (exact) mass is 1060 g/mol. The molecule has 0 spiro atoms. The van der Waals surface area contributed by atoms with Crippen molar-refractivity contribution in [3.8, 4) is 56.3 Å². The molecule has 0 fully saturated rings. The van der Waals surface area contributed by atoms with Crippen molar-refractivity contribution in [3.63, 3.8) is 0 Å². The van der Waals surface area contributed by atoms with Gasteiger partial charge in [0, 0.05) is 33.5 Å². The predicted molar refractivity (Wildman–Crippen MR) is 344 cm³/mol. The van der Waals surface area contributed by atoms with E-state index in [0.717, 1.165) is 75.1 Å². The normalized spacial score (nSPS) is 13.8. The molecule has 400 valence electrons. The number of hydrogen-bond acceptors (Lipinski definition) is 3. The predicted octanol–water partition coefficient (Wildman–Crippen LogP) is 21.5. The van der Waals surface area contributed by atoms with E-state index in [1.165, 1.54) is 86.4 Å². The van der Waals surface area contributed by atoms with Crippen molar-refractivity contribution in [2.45, 2.75) is 63.9 Å². The fraction of sp³-hybridized carbons (Fsp3) is 0.128. The molecule has 1 heterocycles. The second-order valence-electron chi connectivity index (χ2n) is 21.7. The van der Waals surface area contributed by atoms with Gasteiger partial charge in [-0.2, -0.15) is 0 Å². The smallest absolute Gasteiger partial charge is 0.127 e. The summed E-state index contributed by atoms with van der Waals surface area (Å²) in [6.45, 7) is 8.45. The lowest BCUT2D eigenvalue weighted by atomic mass is 9.67. The third kappa shape index (κ3) is 9.75. The first-order valence-electron chi connectivity index (χ1n) is 29.2. The maximum absolute atomic E-state index is 6.78. The Labute approximate surface area is 482 Å². The van der Waals surface area contributed by atoms with Gasteiger partial charge in [-0.1, -0.05) is 210 Å². The van der Waals surface area contributed by atoms with E-state index in [0.29, 0.717) is 0 Å². The van der Waals surface area contributed by atoms with Gasteiger partial charge < -0.3 is 18.9 Å². The summed E-state index contributed by atoms with van der Waals surface area (Å²) in [6, 6.07) is 97.0. The van der Waals surface area contributed by atoms with E-state index in [1.807, 2.05) is 30.3 Å². The molecule has 82 heavy (non-hydrogen) atoms. The van der Waals surface area contributed by atoms with Crippen LogP contribution in [0.25, 0.3) is 66.9 Å². The molecule has 0 amide bonds. The van der Waals surface area contributed by atoms with E-state index in [2.05, 4.69) is 273 Å². The summed E-state index contributed by atoms with van der Waals surface area (Å²) >= 11 is 0. The maximum atomic E-state index is 6.78. The van der Waals surface area contributed by atoms with Gasteiger partial charge in [0.15, 0.2) is 0 Å². The van der Waals surface area contributed by atoms with Gasteiger partial charge >= 0.3 is 0 Å². The summed E-state index contributed by atoms with van der Waals surface area (Å²) in [5.74, 6) is 2.45. The fourth-order valence-corrected chi connectivity index (χ4v) is 12.6. The molecule has 2 atom stereocenters. The van der Waals surface area contributed by atoms with Crippen LogP contribution in [0.3, 0.4) is 0 Å². The molecular weight excluding hydrogens is 997 g/mol. The van der Waals surface area contributed by atoms with Crippen LogP contribution in [-0.4, -0.2) is 10.7 Å². The van der Waals surface area contributed by atoms with Gasteiger partial charge in [0.05, 0.1) is 22.6 Å². The number of fused-ring (bicyclic) bond motifs is 6. The number of para-hydroxylation sites is 2. The molecule has 0 aliphatic heterocycles. The van der Waals surface area contributed by atoms with Crippen LogP contribution < -0.4 is 14.4 Å². The second kappa shape index (κ2) is 22.8. The first-order chi connectivity index (χ1) is 40.5. The van der Waals surface area contributed by atoms with Gasteiger partial charge in [-0.15, -0.1) is 0 Å². The number of benzene rings is 11. The molecule has 2 unspecified atom stereocenters. The Bertz CT molecular complexity index is 4180. The molecule has 13 rings (SSSR count). The number of hydrogen-bond donors (Lipinski definition) is 0. The van der Waals surface area contributed by atoms with Crippen LogP contribution in [0.1, 0.15) is 80.2 Å². The third-order valence-corrected chi connectivity index (χ3v) is 16.7. The fourth-order valence-electron chi connectivity index (χ4n) is 12.6. The topological polar surface area (TPSA) is 26.6 Å². The van der Waals surface area contributed by atoms with Crippen LogP contribution in [0, 0.1) is 0 Å². The lowest BCUT2D eigenvalue weighted by molar-refractivity contribution is 0.182. The van der Waals surface area contributed by atoms with Crippen molar-refractivity contribution in [2.75, 3.05) is 4.90 Å². The van der Waals surface area contributed by atoms with E-state index >= 15 is 0 Å². The number of unbranched alkanes of at least 4 members (excludes halogenated alkanes) is 3. The molecule has 4 heteroatoms. The highest BCUT2D eigenvalue weighted by molar-refractivity contribution is 6.10. The van der Waals surface area contributed by atoms with Gasteiger partial charge in [0.1, 0.15) is 17.2 Å². The molecule has 1 aromatic heterocycles. The Morgan fingerprint density at radius 2 is 1.04 bits per heavy atom. The van der Waals surface area contributed by atoms with Crippen LogP contribution in [0.4, 0.5) is 17.1 Å². The Balaban J connectivity index is 0.947. The zero-order valence-electron chi connectivity index (χ0n) is 46.7. The number of ether oxygens (including phenoxy) is 2. The average molecular weight is 1060 g/mol. The Kier molecular flexibility index (Phi) is 14.4. The molecule has 0 radical (unpaired) electrons. The van der Waals surface area contributed by atoms with Crippen molar-refractivity contribution in [1.82, 2.24) is 4.57 Å². The van der Waals surface area contributed by atoms with Crippen LogP contribution in [-0.2, 0) is 5.41 Å². The molecule has 0 bridgehead atoms. The Morgan fingerprint density at radius 1 is 0.451 bits per heavy atom. The van der Waals surface area contributed by atoms with Crippen molar-refractivity contribution < 1.29 is 9.47 Å². The molecule has 11 aromatic carbocycles. The molecular formula is C78H66N2O2. The van der Waals surface area contributed by atoms with E-state index in [9.17, 15) is 0 Å². The Hall–Kier alpha value is -9.64. The first kappa shape index (κ1) is 51.8. The zero-order valence-corrected chi connectivity index (χ0v) is 46.7. The second-order valence-corrected chi connectivity index (χ2v) is 21.7. The number of rotatable bonds is 19. The molecule has 4 nitrogen and oxygen atoms in total. The van der Waals surface area contributed by atoms with E-state index in [4.69, 9.17) is 9.47 Å². The van der Waals surface area contributed by atoms with Gasteiger partial charge in [-0.25, -0.2) is 0 Å². The third-order valence-electron chi connectivity index (χ3n) is 16.7. The zero-order chi connectivity index (χ0) is 55.4.